The van der Waals surface area contributed by atoms with Gasteiger partial charge in [0.25, 0.3) is 0 Å². The minimum absolute atomic E-state index is 0.0739. The van der Waals surface area contributed by atoms with Crippen molar-refractivity contribution in [3.05, 3.63) is 58.4 Å². The normalized spacial score (nSPS) is 13.0. The molecule has 0 bridgehead atoms. The number of nitriles is 1. The van der Waals surface area contributed by atoms with E-state index in [2.05, 4.69) is 5.32 Å². The van der Waals surface area contributed by atoms with Gasteiger partial charge in [-0.2, -0.15) is 5.26 Å². The maximum absolute atomic E-state index is 14.3. The summed E-state index contributed by atoms with van der Waals surface area (Å²) < 4.78 is 42.4. The van der Waals surface area contributed by atoms with Gasteiger partial charge in [0, 0.05) is 12.1 Å². The third-order valence-corrected chi connectivity index (χ3v) is 5.55. The molecule has 2 aromatic carbocycles. The topological polar surface area (TPSA) is 125 Å². The van der Waals surface area contributed by atoms with Crippen molar-refractivity contribution in [1.82, 2.24) is 5.32 Å². The molecule has 0 aromatic heterocycles. The Kier molecular flexibility index (Phi) is 7.80. The lowest BCUT2D eigenvalue weighted by Crippen LogP contribution is -2.46. The molecule has 2 aromatic rings. The Hall–Kier alpha value is -2.22. The van der Waals surface area contributed by atoms with Crippen LogP contribution in [-0.4, -0.2) is 38.3 Å². The molecule has 0 unspecified atom stereocenters. The molecule has 0 saturated carbocycles. The summed E-state index contributed by atoms with van der Waals surface area (Å²) in [6.07, 6.45) is -0.658. The van der Waals surface area contributed by atoms with E-state index in [-0.39, 0.29) is 40.8 Å². The number of hydrogen-bond donors (Lipinski definition) is 3. The lowest BCUT2D eigenvalue weighted by molar-refractivity contribution is 0.0986. The van der Waals surface area contributed by atoms with E-state index in [1.165, 1.54) is 12.1 Å². The molecule has 0 fully saturated rings. The van der Waals surface area contributed by atoms with E-state index in [0.29, 0.717) is 5.56 Å². The van der Waals surface area contributed by atoms with Gasteiger partial charge in [0.15, 0.2) is 0 Å². The molecule has 162 valence electrons. The number of nitrogens with zero attached hydrogens (tertiary/aromatic N) is 1. The van der Waals surface area contributed by atoms with Gasteiger partial charge in [-0.05, 0) is 50.1 Å². The van der Waals surface area contributed by atoms with E-state index in [9.17, 15) is 17.9 Å². The fourth-order valence-electron chi connectivity index (χ4n) is 2.76. The van der Waals surface area contributed by atoms with Crippen molar-refractivity contribution in [2.45, 2.75) is 36.8 Å². The average Bonchev–Trinajstić information content (AvgIpc) is 2.65. The molecule has 1 atom stereocenters. The summed E-state index contributed by atoms with van der Waals surface area (Å²) in [5, 5.41) is 27.7. The summed E-state index contributed by atoms with van der Waals surface area (Å²) in [5.41, 5.74) is -0.111. The van der Waals surface area contributed by atoms with Gasteiger partial charge in [0.2, 0.25) is 10.0 Å². The van der Waals surface area contributed by atoms with Crippen molar-refractivity contribution in [2.24, 2.45) is 5.14 Å². The summed E-state index contributed by atoms with van der Waals surface area (Å²) in [6.45, 7) is 3.71. The zero-order chi connectivity index (χ0) is 22.5. The molecule has 0 aliphatic carbocycles. The Morgan fingerprint density at radius 3 is 2.67 bits per heavy atom. The third kappa shape index (κ3) is 6.65. The molecule has 0 aliphatic heterocycles. The molecule has 10 heteroatoms. The monoisotopic (exact) mass is 455 g/mol. The maximum atomic E-state index is 14.3. The smallest absolute Gasteiger partial charge is 0.238 e. The van der Waals surface area contributed by atoms with Crippen molar-refractivity contribution < 1.29 is 22.7 Å². The molecule has 30 heavy (non-hydrogen) atoms. The summed E-state index contributed by atoms with van der Waals surface area (Å²) in [6, 6.07) is 10.3. The highest BCUT2D eigenvalue weighted by Crippen LogP contribution is 2.25. The number of nitrogens with one attached hydrogen (secondary N) is 1. The number of nitrogens with two attached hydrogens (primary N) is 1. The molecular weight excluding hydrogens is 433 g/mol. The first-order valence-corrected chi connectivity index (χ1v) is 10.9. The van der Waals surface area contributed by atoms with E-state index in [0.717, 1.165) is 6.07 Å². The molecule has 0 heterocycles. The van der Waals surface area contributed by atoms with Gasteiger partial charge in [-0.1, -0.05) is 23.7 Å². The van der Waals surface area contributed by atoms with Crippen molar-refractivity contribution in [1.29, 1.82) is 5.26 Å². The maximum Gasteiger partial charge on any atom is 0.238 e. The van der Waals surface area contributed by atoms with Crippen LogP contribution >= 0.6 is 11.6 Å². The summed E-state index contributed by atoms with van der Waals surface area (Å²) >= 11 is 5.94. The lowest BCUT2D eigenvalue weighted by Gasteiger charge is -2.28. The fourth-order valence-corrected chi connectivity index (χ4v) is 3.49. The first-order chi connectivity index (χ1) is 13.9. The SMILES string of the molecule is CC(C)(Cc1ccc(S(N)(=O)=O)cc1F)NC[C@H](O)COc1cccc(Cl)c1C#N. The number of aliphatic hydroxyl groups is 1. The van der Waals surface area contributed by atoms with Crippen LogP contribution in [0.2, 0.25) is 5.02 Å². The quantitative estimate of drug-likeness (QED) is 0.533. The van der Waals surface area contributed by atoms with E-state index in [1.807, 2.05) is 19.9 Å². The second-order valence-corrected chi connectivity index (χ2v) is 9.40. The molecular formula is C20H23ClFN3O4S. The molecule has 2 rings (SSSR count). The summed E-state index contributed by atoms with van der Waals surface area (Å²) in [7, 11) is -3.98. The van der Waals surface area contributed by atoms with Crippen LogP contribution in [0.3, 0.4) is 0 Å². The van der Waals surface area contributed by atoms with Crippen molar-refractivity contribution in [3.8, 4) is 11.8 Å². The van der Waals surface area contributed by atoms with Gasteiger partial charge in [-0.25, -0.2) is 17.9 Å². The molecule has 0 saturated heterocycles. The second kappa shape index (κ2) is 9.73. The minimum atomic E-state index is -3.98. The molecule has 0 amide bonds. The average molecular weight is 456 g/mol. The Balaban J connectivity index is 1.93. The Bertz CT molecular complexity index is 1050. The van der Waals surface area contributed by atoms with Gasteiger partial charge in [-0.15, -0.1) is 0 Å². The number of benzene rings is 2. The van der Waals surface area contributed by atoms with E-state index in [4.69, 9.17) is 26.7 Å². The van der Waals surface area contributed by atoms with Gasteiger partial charge in [0.1, 0.15) is 35.9 Å². The zero-order valence-electron chi connectivity index (χ0n) is 16.5. The highest BCUT2D eigenvalue weighted by atomic mass is 35.5. The van der Waals surface area contributed by atoms with Crippen molar-refractivity contribution >= 4 is 21.6 Å². The Morgan fingerprint density at radius 1 is 1.37 bits per heavy atom. The second-order valence-electron chi connectivity index (χ2n) is 7.43. The zero-order valence-corrected chi connectivity index (χ0v) is 18.1. The number of ether oxygens (including phenoxy) is 1. The first-order valence-electron chi connectivity index (χ1n) is 8.98. The predicted octanol–water partition coefficient (Wildman–Crippen LogP) is 2.35. The predicted molar refractivity (Wildman–Crippen MR) is 111 cm³/mol. The van der Waals surface area contributed by atoms with Crippen LogP contribution in [-0.2, 0) is 16.4 Å². The van der Waals surface area contributed by atoms with Gasteiger partial charge >= 0.3 is 0 Å². The fraction of sp³-hybridized carbons (Fsp3) is 0.350. The van der Waals surface area contributed by atoms with Gasteiger partial charge in [-0.3, -0.25) is 0 Å². The summed E-state index contributed by atoms with van der Waals surface area (Å²) in [4.78, 5) is -0.292. The number of aliphatic hydroxyl groups excluding tert-OH is 1. The van der Waals surface area contributed by atoms with Crippen LogP contribution in [0, 0.1) is 17.1 Å². The van der Waals surface area contributed by atoms with E-state index in [1.54, 1.807) is 18.2 Å². The van der Waals surface area contributed by atoms with Crippen LogP contribution in [0.5, 0.6) is 5.75 Å². The molecule has 0 spiro atoms. The summed E-state index contributed by atoms with van der Waals surface area (Å²) in [5.74, 6) is -0.398. The molecule has 0 aliphatic rings. The van der Waals surface area contributed by atoms with Crippen LogP contribution in [0.25, 0.3) is 0 Å². The van der Waals surface area contributed by atoms with Crippen LogP contribution in [0.1, 0.15) is 25.0 Å². The largest absolute Gasteiger partial charge is 0.489 e. The van der Waals surface area contributed by atoms with Crippen LogP contribution in [0.15, 0.2) is 41.3 Å². The van der Waals surface area contributed by atoms with Crippen LogP contribution < -0.4 is 15.2 Å². The third-order valence-electron chi connectivity index (χ3n) is 4.32. The van der Waals surface area contributed by atoms with Crippen LogP contribution in [0.4, 0.5) is 4.39 Å². The van der Waals surface area contributed by atoms with Crippen molar-refractivity contribution in [2.75, 3.05) is 13.2 Å². The minimum Gasteiger partial charge on any atom is -0.489 e. The number of rotatable bonds is 9. The number of hydrogen-bond acceptors (Lipinski definition) is 6. The molecule has 4 N–H and O–H groups in total. The first kappa shape index (κ1) is 24.1. The highest BCUT2D eigenvalue weighted by Gasteiger charge is 2.22. The number of halogens is 2. The molecule has 0 radical (unpaired) electrons. The Labute approximate surface area is 180 Å². The molecule has 7 nitrogen and oxygen atoms in total. The Morgan fingerprint density at radius 2 is 2.07 bits per heavy atom. The van der Waals surface area contributed by atoms with Crippen molar-refractivity contribution in [3.63, 3.8) is 0 Å². The van der Waals surface area contributed by atoms with Gasteiger partial charge in [0.05, 0.1) is 9.92 Å². The van der Waals surface area contributed by atoms with Gasteiger partial charge < -0.3 is 15.2 Å². The van der Waals surface area contributed by atoms with E-state index < -0.39 is 27.5 Å². The number of sulfonamides is 1. The standard InChI is InChI=1S/C20H23ClFN3O4S/c1-20(2,9-13-6-7-15(8-18(13)22)30(24,27)28)25-11-14(26)12-29-19-5-3-4-17(21)16(19)10-23/h3-8,14,25-26H,9,11-12H2,1-2H3,(H2,24,27,28)/t14-/m0/s1. The van der Waals surface area contributed by atoms with E-state index >= 15 is 0 Å². The highest BCUT2D eigenvalue weighted by molar-refractivity contribution is 7.89. The number of primary sulfonamides is 1. The lowest BCUT2D eigenvalue weighted by atomic mass is 9.94. The number of β-amino-alcohol motifs (C(OH)–C–C–N with tert-alkyl or cyclic N) is 1.